The number of rotatable bonds is 3. The van der Waals surface area contributed by atoms with Gasteiger partial charge in [0.25, 0.3) is 0 Å². The van der Waals surface area contributed by atoms with Crippen LogP contribution in [-0.2, 0) is 5.54 Å². The van der Waals surface area contributed by atoms with Gasteiger partial charge in [-0.2, -0.15) is 0 Å². The second-order valence-corrected chi connectivity index (χ2v) is 7.57. The van der Waals surface area contributed by atoms with Crippen LogP contribution in [0.3, 0.4) is 0 Å². The smallest absolute Gasteiger partial charge is 0.171 e. The van der Waals surface area contributed by atoms with E-state index in [1.54, 1.807) is 0 Å². The largest absolute Gasteiger partial charge is 0.353 e. The van der Waals surface area contributed by atoms with Crippen molar-refractivity contribution in [2.45, 2.75) is 38.1 Å². The van der Waals surface area contributed by atoms with E-state index in [2.05, 4.69) is 57.8 Å². The van der Waals surface area contributed by atoms with E-state index < -0.39 is 0 Å². The zero-order chi connectivity index (χ0) is 16.3. The van der Waals surface area contributed by atoms with Crippen LogP contribution in [0.15, 0.2) is 53.0 Å². The van der Waals surface area contributed by atoms with Crippen molar-refractivity contribution in [1.82, 2.24) is 5.32 Å². The van der Waals surface area contributed by atoms with Crippen molar-refractivity contribution in [2.75, 3.05) is 5.32 Å². The maximum Gasteiger partial charge on any atom is 0.171 e. The van der Waals surface area contributed by atoms with Crippen LogP contribution in [0.1, 0.15) is 36.8 Å². The maximum atomic E-state index is 5.58. The number of anilines is 1. The minimum atomic E-state index is -0.0379. The average molecular weight is 389 g/mol. The van der Waals surface area contributed by atoms with Gasteiger partial charge in [-0.3, -0.25) is 0 Å². The van der Waals surface area contributed by atoms with Gasteiger partial charge in [-0.15, -0.1) is 0 Å². The van der Waals surface area contributed by atoms with Crippen molar-refractivity contribution in [3.8, 4) is 0 Å². The summed E-state index contributed by atoms with van der Waals surface area (Å²) in [5.41, 5.74) is 3.58. The molecule has 0 heterocycles. The first-order valence-corrected chi connectivity index (χ1v) is 9.19. The van der Waals surface area contributed by atoms with Crippen LogP contribution in [-0.4, -0.2) is 5.11 Å². The molecule has 1 aliphatic rings. The number of benzene rings is 2. The number of thiocarbonyl (C=S) groups is 1. The van der Waals surface area contributed by atoms with Crippen molar-refractivity contribution in [2.24, 2.45) is 0 Å². The SMILES string of the molecule is Cc1ccc(C2(NC(=S)Nc3cccc(Br)c3)CCCC2)cc1. The van der Waals surface area contributed by atoms with E-state index in [4.69, 9.17) is 12.2 Å². The van der Waals surface area contributed by atoms with Crippen LogP contribution in [0.4, 0.5) is 5.69 Å². The topological polar surface area (TPSA) is 24.1 Å². The highest BCUT2D eigenvalue weighted by atomic mass is 79.9. The van der Waals surface area contributed by atoms with Gasteiger partial charge in [0.05, 0.1) is 5.54 Å². The summed E-state index contributed by atoms with van der Waals surface area (Å²) >= 11 is 9.07. The van der Waals surface area contributed by atoms with Crippen LogP contribution < -0.4 is 10.6 Å². The number of hydrogen-bond acceptors (Lipinski definition) is 1. The van der Waals surface area contributed by atoms with E-state index >= 15 is 0 Å². The third-order valence-electron chi connectivity index (χ3n) is 4.50. The van der Waals surface area contributed by atoms with Crippen molar-refractivity contribution in [1.29, 1.82) is 0 Å². The van der Waals surface area contributed by atoms with Gasteiger partial charge < -0.3 is 10.6 Å². The van der Waals surface area contributed by atoms with E-state index in [-0.39, 0.29) is 5.54 Å². The Bertz CT molecular complexity index is 691. The monoisotopic (exact) mass is 388 g/mol. The quantitative estimate of drug-likeness (QED) is 0.677. The molecule has 2 N–H and O–H groups in total. The molecule has 0 radical (unpaired) electrons. The van der Waals surface area contributed by atoms with Gasteiger partial charge in [-0.1, -0.05) is 64.7 Å². The Hall–Kier alpha value is -1.39. The average Bonchev–Trinajstić information content (AvgIpc) is 2.97. The van der Waals surface area contributed by atoms with Gasteiger partial charge in [0.2, 0.25) is 0 Å². The molecule has 0 saturated heterocycles. The zero-order valence-electron chi connectivity index (χ0n) is 13.2. The Labute approximate surface area is 151 Å². The van der Waals surface area contributed by atoms with E-state index in [1.807, 2.05) is 24.3 Å². The minimum Gasteiger partial charge on any atom is -0.353 e. The second kappa shape index (κ2) is 7.02. The molecule has 2 nitrogen and oxygen atoms in total. The molecule has 2 aromatic carbocycles. The molecule has 1 saturated carbocycles. The molecule has 120 valence electrons. The molecule has 23 heavy (non-hydrogen) atoms. The number of hydrogen-bond donors (Lipinski definition) is 2. The molecule has 0 atom stereocenters. The second-order valence-electron chi connectivity index (χ2n) is 6.24. The summed E-state index contributed by atoms with van der Waals surface area (Å²) in [6.45, 7) is 2.12. The Morgan fingerprint density at radius 2 is 1.78 bits per heavy atom. The van der Waals surface area contributed by atoms with E-state index in [0.29, 0.717) is 5.11 Å². The number of nitrogens with one attached hydrogen (secondary N) is 2. The lowest BCUT2D eigenvalue weighted by atomic mass is 9.88. The molecule has 0 bridgehead atoms. The molecular formula is C19H21BrN2S. The lowest BCUT2D eigenvalue weighted by molar-refractivity contribution is 0.408. The predicted octanol–water partition coefficient (Wildman–Crippen LogP) is 5.51. The molecule has 0 unspecified atom stereocenters. The summed E-state index contributed by atoms with van der Waals surface area (Å²) in [5.74, 6) is 0. The fourth-order valence-electron chi connectivity index (χ4n) is 3.28. The molecule has 4 heteroatoms. The molecule has 0 aromatic heterocycles. The summed E-state index contributed by atoms with van der Waals surface area (Å²) in [5, 5.41) is 7.59. The molecule has 1 aliphatic carbocycles. The van der Waals surface area contributed by atoms with Gasteiger partial charge in [-0.05, 0) is 55.7 Å². The highest BCUT2D eigenvalue weighted by Crippen LogP contribution is 2.39. The lowest BCUT2D eigenvalue weighted by Gasteiger charge is -2.32. The summed E-state index contributed by atoms with van der Waals surface area (Å²) < 4.78 is 1.04. The van der Waals surface area contributed by atoms with E-state index in [9.17, 15) is 0 Å². The molecule has 0 aliphatic heterocycles. The zero-order valence-corrected chi connectivity index (χ0v) is 15.6. The number of aryl methyl sites for hydroxylation is 1. The molecule has 2 aromatic rings. The van der Waals surface area contributed by atoms with Gasteiger partial charge in [0.15, 0.2) is 5.11 Å². The van der Waals surface area contributed by atoms with E-state index in [0.717, 1.165) is 23.0 Å². The molecule has 0 amide bonds. The predicted molar refractivity (Wildman–Crippen MR) is 105 cm³/mol. The lowest BCUT2D eigenvalue weighted by Crippen LogP contribution is -2.45. The van der Waals surface area contributed by atoms with Crippen LogP contribution in [0.2, 0.25) is 0 Å². The molecule has 1 fully saturated rings. The first-order valence-electron chi connectivity index (χ1n) is 7.99. The van der Waals surface area contributed by atoms with Gasteiger partial charge in [-0.25, -0.2) is 0 Å². The van der Waals surface area contributed by atoms with Crippen molar-refractivity contribution in [3.63, 3.8) is 0 Å². The fourth-order valence-corrected chi connectivity index (χ4v) is 4.00. The van der Waals surface area contributed by atoms with Gasteiger partial charge >= 0.3 is 0 Å². The molecule has 0 spiro atoms. The first kappa shape index (κ1) is 16.5. The third-order valence-corrected chi connectivity index (χ3v) is 5.19. The summed E-state index contributed by atoms with van der Waals surface area (Å²) in [4.78, 5) is 0. The van der Waals surface area contributed by atoms with Crippen LogP contribution >= 0.6 is 28.1 Å². The highest BCUT2D eigenvalue weighted by Gasteiger charge is 2.36. The van der Waals surface area contributed by atoms with Crippen LogP contribution in [0.25, 0.3) is 0 Å². The van der Waals surface area contributed by atoms with Gasteiger partial charge in [0, 0.05) is 10.2 Å². The number of halogens is 1. The molecular weight excluding hydrogens is 368 g/mol. The fraction of sp³-hybridized carbons (Fsp3) is 0.316. The Morgan fingerprint density at radius 3 is 2.43 bits per heavy atom. The van der Waals surface area contributed by atoms with Gasteiger partial charge in [0.1, 0.15) is 0 Å². The van der Waals surface area contributed by atoms with Crippen LogP contribution in [0.5, 0.6) is 0 Å². The summed E-state index contributed by atoms with van der Waals surface area (Å²) in [6.07, 6.45) is 4.72. The van der Waals surface area contributed by atoms with E-state index in [1.165, 1.54) is 24.0 Å². The Kier molecular flexibility index (Phi) is 5.02. The summed E-state index contributed by atoms with van der Waals surface area (Å²) in [6, 6.07) is 16.9. The normalized spacial score (nSPS) is 16.1. The minimum absolute atomic E-state index is 0.0379. The molecule has 3 rings (SSSR count). The highest BCUT2D eigenvalue weighted by molar-refractivity contribution is 9.10. The van der Waals surface area contributed by atoms with Crippen molar-refractivity contribution in [3.05, 3.63) is 64.1 Å². The maximum absolute atomic E-state index is 5.58. The summed E-state index contributed by atoms with van der Waals surface area (Å²) in [7, 11) is 0. The first-order chi connectivity index (χ1) is 11.1. The standard InChI is InChI=1S/C19H21BrN2S/c1-14-7-9-15(10-8-14)19(11-2-3-12-19)22-18(23)21-17-6-4-5-16(20)13-17/h4-10,13H,2-3,11-12H2,1H3,(H2,21,22,23). The van der Waals surface area contributed by atoms with Crippen LogP contribution in [0, 0.1) is 6.92 Å². The van der Waals surface area contributed by atoms with Crippen molar-refractivity contribution >= 4 is 38.9 Å². The Balaban J connectivity index is 1.77. The Morgan fingerprint density at radius 1 is 1.09 bits per heavy atom. The third kappa shape index (κ3) is 3.93. The van der Waals surface area contributed by atoms with Crippen molar-refractivity contribution < 1.29 is 0 Å².